The fraction of sp³-hybridized carbons (Fsp3) is 0.400. The van der Waals surface area contributed by atoms with E-state index < -0.39 is 10.0 Å². The van der Waals surface area contributed by atoms with Gasteiger partial charge in [0.1, 0.15) is 12.4 Å². The summed E-state index contributed by atoms with van der Waals surface area (Å²) in [4.78, 5) is 16.2. The first-order valence-electron chi connectivity index (χ1n) is 7.70. The molecule has 2 aromatic rings. The van der Waals surface area contributed by atoms with Crippen LogP contribution >= 0.6 is 0 Å². The van der Waals surface area contributed by atoms with Gasteiger partial charge in [0, 0.05) is 31.5 Å². The predicted octanol–water partition coefficient (Wildman–Crippen LogP) is 1.01. The van der Waals surface area contributed by atoms with Crippen LogP contribution in [0, 0.1) is 6.92 Å². The highest BCUT2D eigenvalue weighted by molar-refractivity contribution is 7.89. The van der Waals surface area contributed by atoms with E-state index in [1.807, 2.05) is 6.92 Å². The smallest absolute Gasteiger partial charge is 0.247 e. The van der Waals surface area contributed by atoms with Crippen molar-refractivity contribution in [2.24, 2.45) is 0 Å². The molecule has 2 aromatic heterocycles. The summed E-state index contributed by atoms with van der Waals surface area (Å²) < 4.78 is 28.0. The Hall–Kier alpha value is -2.26. The molecule has 0 saturated carbocycles. The second-order valence-electron chi connectivity index (χ2n) is 5.75. The van der Waals surface area contributed by atoms with Crippen molar-refractivity contribution in [3.8, 4) is 0 Å². The predicted molar refractivity (Wildman–Crippen MR) is 87.8 cm³/mol. The molecular weight excluding hydrogens is 330 g/mol. The third-order valence-electron chi connectivity index (χ3n) is 3.77. The lowest BCUT2D eigenvalue weighted by Gasteiger charge is -2.15. The van der Waals surface area contributed by atoms with E-state index in [0.29, 0.717) is 13.1 Å². The van der Waals surface area contributed by atoms with E-state index >= 15 is 0 Å². The van der Waals surface area contributed by atoms with Crippen LogP contribution in [0.1, 0.15) is 18.4 Å². The van der Waals surface area contributed by atoms with Gasteiger partial charge >= 0.3 is 0 Å². The van der Waals surface area contributed by atoms with Gasteiger partial charge in [0.15, 0.2) is 0 Å². The van der Waals surface area contributed by atoms with Crippen LogP contribution in [0.2, 0.25) is 0 Å². The van der Waals surface area contributed by atoms with Crippen molar-refractivity contribution in [1.82, 2.24) is 19.1 Å². The lowest BCUT2D eigenvalue weighted by Crippen LogP contribution is -2.28. The zero-order valence-electron chi connectivity index (χ0n) is 13.3. The molecule has 3 heterocycles. The third-order valence-corrected chi connectivity index (χ3v) is 5.66. The van der Waals surface area contributed by atoms with Crippen molar-refractivity contribution >= 4 is 21.7 Å². The number of rotatable bonds is 5. The average Bonchev–Trinajstić information content (AvgIpc) is 3.19. The Labute approximate surface area is 140 Å². The molecule has 3 rings (SSSR count). The molecule has 1 N–H and O–H groups in total. The highest BCUT2D eigenvalue weighted by Gasteiger charge is 2.27. The lowest BCUT2D eigenvalue weighted by molar-refractivity contribution is -0.116. The van der Waals surface area contributed by atoms with Crippen LogP contribution in [-0.2, 0) is 21.4 Å². The molecular formula is C15H19N5O3S. The van der Waals surface area contributed by atoms with Crippen LogP contribution in [-0.4, -0.2) is 46.5 Å². The molecule has 0 aliphatic carbocycles. The first-order valence-corrected chi connectivity index (χ1v) is 9.14. The largest absolute Gasteiger partial charge is 0.309 e. The van der Waals surface area contributed by atoms with Crippen molar-refractivity contribution in [1.29, 1.82) is 0 Å². The summed E-state index contributed by atoms with van der Waals surface area (Å²) in [5.41, 5.74) is 0.958. The molecule has 1 fully saturated rings. The summed E-state index contributed by atoms with van der Waals surface area (Å²) in [6, 6.07) is 2.83. The van der Waals surface area contributed by atoms with E-state index in [4.69, 9.17) is 0 Å². The van der Waals surface area contributed by atoms with Crippen LogP contribution < -0.4 is 5.32 Å². The lowest BCUT2D eigenvalue weighted by atomic mass is 10.4. The second kappa shape index (κ2) is 6.70. The van der Waals surface area contributed by atoms with Crippen LogP contribution in [0.4, 0.5) is 5.82 Å². The van der Waals surface area contributed by atoms with E-state index in [2.05, 4.69) is 15.4 Å². The van der Waals surface area contributed by atoms with E-state index in [9.17, 15) is 13.2 Å². The molecule has 1 amide bonds. The molecule has 1 saturated heterocycles. The Morgan fingerprint density at radius 1 is 1.33 bits per heavy atom. The van der Waals surface area contributed by atoms with Gasteiger partial charge in [-0.05, 0) is 31.4 Å². The van der Waals surface area contributed by atoms with Gasteiger partial charge in [0.25, 0.3) is 0 Å². The number of nitrogens with zero attached hydrogens (tertiary/aromatic N) is 4. The number of amides is 1. The zero-order valence-corrected chi connectivity index (χ0v) is 14.2. The Morgan fingerprint density at radius 3 is 2.75 bits per heavy atom. The number of anilines is 1. The van der Waals surface area contributed by atoms with Crippen LogP contribution in [0.15, 0.2) is 35.6 Å². The van der Waals surface area contributed by atoms with E-state index in [1.165, 1.54) is 27.3 Å². The normalized spacial score (nSPS) is 15.5. The average molecular weight is 349 g/mol. The Balaban J connectivity index is 1.72. The third kappa shape index (κ3) is 3.62. The minimum atomic E-state index is -3.53. The zero-order chi connectivity index (χ0) is 17.2. The fourth-order valence-corrected chi connectivity index (χ4v) is 4.13. The van der Waals surface area contributed by atoms with Gasteiger partial charge in [0.05, 0.1) is 11.1 Å². The highest BCUT2D eigenvalue weighted by atomic mass is 32.2. The van der Waals surface area contributed by atoms with Gasteiger partial charge in [-0.2, -0.15) is 9.40 Å². The van der Waals surface area contributed by atoms with E-state index in [-0.39, 0.29) is 23.2 Å². The maximum Gasteiger partial charge on any atom is 0.247 e. The molecule has 1 aliphatic heterocycles. The van der Waals surface area contributed by atoms with Gasteiger partial charge in [0.2, 0.25) is 15.9 Å². The minimum absolute atomic E-state index is 0.0403. The minimum Gasteiger partial charge on any atom is -0.309 e. The maximum atomic E-state index is 12.5. The number of carbonyl (C=O) groups excluding carboxylic acids is 1. The van der Waals surface area contributed by atoms with E-state index in [1.54, 1.807) is 12.4 Å². The van der Waals surface area contributed by atoms with Crippen molar-refractivity contribution in [2.75, 3.05) is 18.4 Å². The summed E-state index contributed by atoms with van der Waals surface area (Å²) in [7, 11) is -3.53. The maximum absolute atomic E-state index is 12.5. The van der Waals surface area contributed by atoms with Gasteiger partial charge in [-0.25, -0.2) is 13.4 Å². The molecule has 0 atom stereocenters. The van der Waals surface area contributed by atoms with Gasteiger partial charge in [-0.15, -0.1) is 0 Å². The molecule has 0 bridgehead atoms. The van der Waals surface area contributed by atoms with Crippen LogP contribution in [0.5, 0.6) is 0 Å². The molecule has 128 valence electrons. The number of hydrogen-bond donors (Lipinski definition) is 1. The summed E-state index contributed by atoms with van der Waals surface area (Å²) in [5.74, 6) is -0.106. The standard InChI is InChI=1S/C15H19N5O3S/c1-12-9-17-19(10-12)11-15(21)18-14-8-13(4-5-16-14)24(22,23)20-6-2-3-7-20/h4-5,8-10H,2-3,6-7,11H2,1H3,(H,16,18,21). The van der Waals surface area contributed by atoms with Gasteiger partial charge in [-0.3, -0.25) is 9.48 Å². The molecule has 9 heteroatoms. The van der Waals surface area contributed by atoms with E-state index in [0.717, 1.165) is 18.4 Å². The Kier molecular flexibility index (Phi) is 4.63. The number of carbonyl (C=O) groups is 1. The quantitative estimate of drug-likeness (QED) is 0.869. The molecule has 0 spiro atoms. The number of pyridine rings is 1. The first-order chi connectivity index (χ1) is 11.4. The fourth-order valence-electron chi connectivity index (χ4n) is 2.60. The van der Waals surface area contributed by atoms with Gasteiger partial charge in [-0.1, -0.05) is 0 Å². The Bertz CT molecular complexity index is 840. The molecule has 0 unspecified atom stereocenters. The summed E-state index contributed by atoms with van der Waals surface area (Å²) in [5, 5.41) is 6.65. The summed E-state index contributed by atoms with van der Waals surface area (Å²) in [6.45, 7) is 2.99. The van der Waals surface area contributed by atoms with Crippen molar-refractivity contribution < 1.29 is 13.2 Å². The molecule has 0 aromatic carbocycles. The molecule has 24 heavy (non-hydrogen) atoms. The highest BCUT2D eigenvalue weighted by Crippen LogP contribution is 2.21. The number of nitrogens with one attached hydrogen (secondary N) is 1. The van der Waals surface area contributed by atoms with Crippen molar-refractivity contribution in [2.45, 2.75) is 31.2 Å². The van der Waals surface area contributed by atoms with Crippen molar-refractivity contribution in [3.05, 3.63) is 36.3 Å². The number of hydrogen-bond acceptors (Lipinski definition) is 5. The van der Waals surface area contributed by atoms with Gasteiger partial charge < -0.3 is 5.32 Å². The van der Waals surface area contributed by atoms with Crippen LogP contribution in [0.3, 0.4) is 0 Å². The van der Waals surface area contributed by atoms with Crippen molar-refractivity contribution in [3.63, 3.8) is 0 Å². The molecule has 8 nitrogen and oxygen atoms in total. The van der Waals surface area contributed by atoms with Crippen LogP contribution in [0.25, 0.3) is 0 Å². The number of aromatic nitrogens is 3. The number of sulfonamides is 1. The SMILES string of the molecule is Cc1cnn(CC(=O)Nc2cc(S(=O)(=O)N3CCCC3)ccn2)c1. The first kappa shape index (κ1) is 16.6. The number of aryl methyl sites for hydroxylation is 1. The Morgan fingerprint density at radius 2 is 2.08 bits per heavy atom. The molecule has 0 radical (unpaired) electrons. The summed E-state index contributed by atoms with van der Waals surface area (Å²) >= 11 is 0. The molecule has 1 aliphatic rings. The monoisotopic (exact) mass is 349 g/mol. The topological polar surface area (TPSA) is 97.2 Å². The second-order valence-corrected chi connectivity index (χ2v) is 7.69. The summed E-state index contributed by atoms with van der Waals surface area (Å²) in [6.07, 6.45) is 6.54.